The van der Waals surface area contributed by atoms with Crippen molar-refractivity contribution >= 4 is 8.32 Å². The molecule has 3 atom stereocenters. The molecule has 1 rings (SSSR count). The lowest BCUT2D eigenvalue weighted by atomic mass is 9.93. The van der Waals surface area contributed by atoms with Crippen molar-refractivity contribution in [3.8, 4) is 0 Å². The third kappa shape index (κ3) is 3.55. The third-order valence-corrected chi connectivity index (χ3v) is 8.42. The van der Waals surface area contributed by atoms with Crippen LogP contribution in [0.4, 0.5) is 0 Å². The van der Waals surface area contributed by atoms with Crippen molar-refractivity contribution in [1.82, 2.24) is 0 Å². The number of hydrogen-bond acceptors (Lipinski definition) is 3. The van der Waals surface area contributed by atoms with Gasteiger partial charge in [0.15, 0.2) is 8.32 Å². The summed E-state index contributed by atoms with van der Waals surface area (Å²) in [5.74, 6) is 0. The van der Waals surface area contributed by atoms with Gasteiger partial charge in [-0.3, -0.25) is 0 Å². The van der Waals surface area contributed by atoms with E-state index in [1.54, 1.807) is 0 Å². The van der Waals surface area contributed by atoms with Gasteiger partial charge in [-0.05, 0) is 37.4 Å². The molecule has 96 valence electrons. The maximum atomic E-state index is 9.63. The van der Waals surface area contributed by atoms with Gasteiger partial charge in [0, 0.05) is 6.10 Å². The normalized spacial score (nSPS) is 32.8. The molecular formula is C12H26O3Si. The van der Waals surface area contributed by atoms with Crippen LogP contribution in [-0.4, -0.2) is 36.8 Å². The Morgan fingerprint density at radius 3 is 1.81 bits per heavy atom. The summed E-state index contributed by atoms with van der Waals surface area (Å²) in [5.41, 5.74) is 0. The molecule has 0 spiro atoms. The highest BCUT2D eigenvalue weighted by atomic mass is 28.4. The smallest absolute Gasteiger partial charge is 0.192 e. The maximum Gasteiger partial charge on any atom is 0.192 e. The number of aliphatic hydroxyl groups is 2. The summed E-state index contributed by atoms with van der Waals surface area (Å²) in [5, 5.41) is 19.4. The first-order valence-corrected chi connectivity index (χ1v) is 9.06. The highest BCUT2D eigenvalue weighted by Gasteiger charge is 2.40. The van der Waals surface area contributed by atoms with E-state index < -0.39 is 20.5 Å². The zero-order valence-electron chi connectivity index (χ0n) is 11.2. The van der Waals surface area contributed by atoms with Gasteiger partial charge in [0.1, 0.15) is 0 Å². The number of aliphatic hydroxyl groups excluding tert-OH is 2. The molecule has 1 aliphatic carbocycles. The van der Waals surface area contributed by atoms with E-state index in [9.17, 15) is 10.2 Å². The lowest BCUT2D eigenvalue weighted by Gasteiger charge is -2.41. The van der Waals surface area contributed by atoms with Crippen LogP contribution >= 0.6 is 0 Å². The second-order valence-electron chi connectivity index (χ2n) is 6.51. The van der Waals surface area contributed by atoms with Crippen LogP contribution in [0.25, 0.3) is 0 Å². The summed E-state index contributed by atoms with van der Waals surface area (Å²) >= 11 is 0. The van der Waals surface area contributed by atoms with Gasteiger partial charge in [-0.25, -0.2) is 0 Å². The first-order valence-electron chi connectivity index (χ1n) is 6.16. The molecule has 16 heavy (non-hydrogen) atoms. The molecule has 0 radical (unpaired) electrons. The molecule has 0 saturated heterocycles. The zero-order chi connectivity index (χ0) is 12.6. The Hall–Kier alpha value is 0.0969. The van der Waals surface area contributed by atoms with E-state index in [0.29, 0.717) is 19.3 Å². The van der Waals surface area contributed by atoms with Crippen LogP contribution in [0, 0.1) is 0 Å². The molecule has 1 aliphatic rings. The van der Waals surface area contributed by atoms with E-state index in [4.69, 9.17) is 4.43 Å². The second-order valence-corrected chi connectivity index (χ2v) is 11.3. The third-order valence-electron chi connectivity index (χ3n) is 3.88. The van der Waals surface area contributed by atoms with Gasteiger partial charge in [-0.2, -0.15) is 0 Å². The summed E-state index contributed by atoms with van der Waals surface area (Å²) in [6.07, 6.45) is 1.06. The van der Waals surface area contributed by atoms with Gasteiger partial charge in [-0.1, -0.05) is 20.8 Å². The van der Waals surface area contributed by atoms with Crippen LogP contribution in [0.3, 0.4) is 0 Å². The number of rotatable bonds is 2. The Bertz CT molecular complexity index is 225. The predicted molar refractivity (Wildman–Crippen MR) is 67.9 cm³/mol. The molecular weight excluding hydrogens is 220 g/mol. The quantitative estimate of drug-likeness (QED) is 0.735. The standard InChI is InChI=1S/C12H26O3Si/c1-12(2,3)16(4,5)15-11-7-9(13)6-10(14)8-11/h9-11,13-14H,6-8H2,1-5H3/t9-,10+,11?. The summed E-state index contributed by atoms with van der Waals surface area (Å²) in [6, 6.07) is 0. The minimum atomic E-state index is -1.77. The van der Waals surface area contributed by atoms with E-state index >= 15 is 0 Å². The van der Waals surface area contributed by atoms with Crippen molar-refractivity contribution in [3.05, 3.63) is 0 Å². The molecule has 1 unspecified atom stereocenters. The Morgan fingerprint density at radius 2 is 1.44 bits per heavy atom. The molecule has 0 aromatic heterocycles. The van der Waals surface area contributed by atoms with Crippen LogP contribution in [0.2, 0.25) is 18.1 Å². The predicted octanol–water partition coefficient (Wildman–Crippen LogP) is 2.28. The van der Waals surface area contributed by atoms with Crippen molar-refractivity contribution < 1.29 is 14.6 Å². The van der Waals surface area contributed by atoms with Gasteiger partial charge in [0.2, 0.25) is 0 Å². The van der Waals surface area contributed by atoms with Crippen LogP contribution < -0.4 is 0 Å². The molecule has 0 heterocycles. The molecule has 0 aromatic rings. The van der Waals surface area contributed by atoms with Crippen molar-refractivity contribution in [2.45, 2.75) is 76.5 Å². The van der Waals surface area contributed by atoms with Gasteiger partial charge in [0.25, 0.3) is 0 Å². The Labute approximate surface area is 100.0 Å². The average molecular weight is 246 g/mol. The van der Waals surface area contributed by atoms with Gasteiger partial charge in [-0.15, -0.1) is 0 Å². The Balaban J connectivity index is 2.60. The molecule has 0 aliphatic heterocycles. The van der Waals surface area contributed by atoms with Gasteiger partial charge >= 0.3 is 0 Å². The monoisotopic (exact) mass is 246 g/mol. The minimum absolute atomic E-state index is 0.0274. The van der Waals surface area contributed by atoms with Crippen molar-refractivity contribution in [2.24, 2.45) is 0 Å². The topological polar surface area (TPSA) is 49.7 Å². The Morgan fingerprint density at radius 1 is 1.00 bits per heavy atom. The fourth-order valence-electron chi connectivity index (χ4n) is 1.90. The van der Waals surface area contributed by atoms with E-state index in [-0.39, 0.29) is 11.1 Å². The van der Waals surface area contributed by atoms with Crippen molar-refractivity contribution in [1.29, 1.82) is 0 Å². The lowest BCUT2D eigenvalue weighted by Crippen LogP contribution is -2.47. The van der Waals surface area contributed by atoms with E-state index in [1.807, 2.05) is 0 Å². The average Bonchev–Trinajstić information content (AvgIpc) is 1.97. The largest absolute Gasteiger partial charge is 0.414 e. The molecule has 0 aromatic carbocycles. The first kappa shape index (κ1) is 14.2. The molecule has 1 fully saturated rings. The maximum absolute atomic E-state index is 9.63. The Kier molecular flexibility index (Phi) is 4.22. The summed E-state index contributed by atoms with van der Waals surface area (Å²) in [4.78, 5) is 0. The zero-order valence-corrected chi connectivity index (χ0v) is 12.2. The molecule has 4 heteroatoms. The molecule has 0 amide bonds. The summed E-state index contributed by atoms with van der Waals surface area (Å²) in [6.45, 7) is 11.0. The van der Waals surface area contributed by atoms with Crippen LogP contribution in [0.1, 0.15) is 40.0 Å². The summed E-state index contributed by atoms with van der Waals surface area (Å²) in [7, 11) is -1.77. The fraction of sp³-hybridized carbons (Fsp3) is 1.00. The van der Waals surface area contributed by atoms with E-state index in [0.717, 1.165) is 0 Å². The first-order chi connectivity index (χ1) is 7.12. The second kappa shape index (κ2) is 4.76. The van der Waals surface area contributed by atoms with Crippen LogP contribution in [0.15, 0.2) is 0 Å². The fourth-order valence-corrected chi connectivity index (χ4v) is 3.28. The highest BCUT2D eigenvalue weighted by molar-refractivity contribution is 6.74. The molecule has 3 nitrogen and oxygen atoms in total. The van der Waals surface area contributed by atoms with Crippen LogP contribution in [0.5, 0.6) is 0 Å². The molecule has 0 bridgehead atoms. The van der Waals surface area contributed by atoms with E-state index in [1.165, 1.54) is 0 Å². The molecule has 2 N–H and O–H groups in total. The van der Waals surface area contributed by atoms with Gasteiger partial charge in [0.05, 0.1) is 12.2 Å². The SMILES string of the molecule is CC(C)(C)[Si](C)(C)OC1C[C@@H](O)C[C@@H](O)C1. The highest BCUT2D eigenvalue weighted by Crippen LogP contribution is 2.39. The van der Waals surface area contributed by atoms with Gasteiger partial charge < -0.3 is 14.6 Å². The minimum Gasteiger partial charge on any atom is -0.414 e. The van der Waals surface area contributed by atoms with E-state index in [2.05, 4.69) is 33.9 Å². The lowest BCUT2D eigenvalue weighted by molar-refractivity contribution is -0.0199. The summed E-state index contributed by atoms with van der Waals surface area (Å²) < 4.78 is 6.20. The van der Waals surface area contributed by atoms with Crippen molar-refractivity contribution in [2.75, 3.05) is 0 Å². The number of hydrogen-bond donors (Lipinski definition) is 2. The van der Waals surface area contributed by atoms with Crippen molar-refractivity contribution in [3.63, 3.8) is 0 Å². The van der Waals surface area contributed by atoms with Crippen LogP contribution in [-0.2, 0) is 4.43 Å². The molecule has 1 saturated carbocycles.